The Bertz CT molecular complexity index is 754. The normalized spacial score (nSPS) is 20.4. The molecule has 1 aliphatic rings. The number of carboxylic acid groups (broad SMARTS) is 1. The number of nitrogens with zero attached hydrogens (tertiary/aromatic N) is 2. The fraction of sp³-hybridized carbons (Fsp3) is 0.389. The van der Waals surface area contributed by atoms with Crippen LogP contribution in [0.4, 0.5) is 0 Å². The summed E-state index contributed by atoms with van der Waals surface area (Å²) in [4.78, 5) is 25.9. The molecule has 1 aliphatic heterocycles. The van der Waals surface area contributed by atoms with E-state index >= 15 is 0 Å². The molecule has 132 valence electrons. The van der Waals surface area contributed by atoms with Gasteiger partial charge >= 0.3 is 5.97 Å². The van der Waals surface area contributed by atoms with Gasteiger partial charge in [0.1, 0.15) is 11.1 Å². The molecule has 2 aromatic rings. The van der Waals surface area contributed by atoms with Crippen LogP contribution in [0.3, 0.4) is 0 Å². The van der Waals surface area contributed by atoms with Gasteiger partial charge in [-0.3, -0.25) is 9.59 Å². The number of carboxylic acids is 1. The zero-order chi connectivity index (χ0) is 17.9. The van der Waals surface area contributed by atoms with Crippen LogP contribution in [0.25, 0.3) is 11.3 Å². The number of hydrogen-bond acceptors (Lipinski definition) is 5. The quantitative estimate of drug-likeness (QED) is 0.894. The second-order valence-corrected chi connectivity index (χ2v) is 6.29. The zero-order valence-corrected chi connectivity index (χ0v) is 14.0. The number of piperidine rings is 1. The van der Waals surface area contributed by atoms with Gasteiger partial charge in [0.15, 0.2) is 0 Å². The molecule has 2 heterocycles. The van der Waals surface area contributed by atoms with Gasteiger partial charge in [-0.1, -0.05) is 35.5 Å². The predicted molar refractivity (Wildman–Crippen MR) is 89.0 cm³/mol. The lowest BCUT2D eigenvalue weighted by Gasteiger charge is -2.38. The summed E-state index contributed by atoms with van der Waals surface area (Å²) in [6.07, 6.45) is 1.08. The number of benzene rings is 1. The van der Waals surface area contributed by atoms with E-state index in [1.807, 2.05) is 30.3 Å². The van der Waals surface area contributed by atoms with Crippen molar-refractivity contribution in [3.63, 3.8) is 0 Å². The van der Waals surface area contributed by atoms with Crippen molar-refractivity contribution < 1.29 is 24.0 Å². The molecule has 1 N–H and O–H groups in total. The summed E-state index contributed by atoms with van der Waals surface area (Å²) in [5.74, 6) is -1.19. The lowest BCUT2D eigenvalue weighted by Crippen LogP contribution is -2.52. The van der Waals surface area contributed by atoms with E-state index in [4.69, 9.17) is 9.26 Å². The number of hydrogen-bond donors (Lipinski definition) is 1. The maximum Gasteiger partial charge on any atom is 0.313 e. The van der Waals surface area contributed by atoms with E-state index in [1.54, 1.807) is 6.07 Å². The molecule has 0 bridgehead atoms. The summed E-state index contributed by atoms with van der Waals surface area (Å²) in [7, 11) is 1.47. The third-order valence-electron chi connectivity index (χ3n) is 4.53. The lowest BCUT2D eigenvalue weighted by atomic mass is 9.80. The van der Waals surface area contributed by atoms with Crippen LogP contribution in [0.5, 0.6) is 0 Å². The largest absolute Gasteiger partial charge is 0.481 e. The highest BCUT2D eigenvalue weighted by atomic mass is 16.5. The Morgan fingerprint density at radius 3 is 2.80 bits per heavy atom. The van der Waals surface area contributed by atoms with Gasteiger partial charge in [0, 0.05) is 31.8 Å². The Morgan fingerprint density at radius 1 is 1.36 bits per heavy atom. The van der Waals surface area contributed by atoms with Gasteiger partial charge in [0.05, 0.1) is 6.61 Å². The van der Waals surface area contributed by atoms with Gasteiger partial charge in [-0.25, -0.2) is 0 Å². The topological polar surface area (TPSA) is 92.9 Å². The Kier molecular flexibility index (Phi) is 4.85. The molecule has 7 nitrogen and oxygen atoms in total. The van der Waals surface area contributed by atoms with Crippen molar-refractivity contribution in [1.82, 2.24) is 10.1 Å². The number of carbonyl (C=O) groups is 2. The van der Waals surface area contributed by atoms with Crippen molar-refractivity contribution in [3.8, 4) is 11.3 Å². The van der Waals surface area contributed by atoms with Crippen molar-refractivity contribution in [3.05, 3.63) is 42.2 Å². The summed E-state index contributed by atoms with van der Waals surface area (Å²) in [6.45, 7) is 0.646. The van der Waals surface area contributed by atoms with Crippen LogP contribution < -0.4 is 0 Å². The van der Waals surface area contributed by atoms with Crippen LogP contribution in [0.15, 0.2) is 40.9 Å². The van der Waals surface area contributed by atoms with Crippen molar-refractivity contribution in [2.75, 3.05) is 26.8 Å². The molecule has 0 aliphatic carbocycles. The average molecular weight is 344 g/mol. The van der Waals surface area contributed by atoms with Crippen LogP contribution in [0.1, 0.15) is 23.4 Å². The minimum absolute atomic E-state index is 0.0672. The van der Waals surface area contributed by atoms with Gasteiger partial charge in [-0.15, -0.1) is 0 Å². The molecule has 0 radical (unpaired) electrons. The minimum Gasteiger partial charge on any atom is -0.481 e. The summed E-state index contributed by atoms with van der Waals surface area (Å²) in [5, 5.41) is 13.5. The van der Waals surface area contributed by atoms with Crippen LogP contribution in [-0.4, -0.2) is 53.8 Å². The number of methoxy groups -OCH3 is 1. The van der Waals surface area contributed by atoms with Gasteiger partial charge in [-0.05, 0) is 12.8 Å². The number of rotatable bonds is 5. The molecular weight excluding hydrogens is 324 g/mol. The van der Waals surface area contributed by atoms with Crippen molar-refractivity contribution >= 4 is 11.9 Å². The van der Waals surface area contributed by atoms with Crippen molar-refractivity contribution in [2.45, 2.75) is 12.8 Å². The number of likely N-dealkylation sites (tertiary alicyclic amines) is 1. The highest BCUT2D eigenvalue weighted by Crippen LogP contribution is 2.32. The fourth-order valence-corrected chi connectivity index (χ4v) is 3.21. The summed E-state index contributed by atoms with van der Waals surface area (Å²) < 4.78 is 10.3. The molecule has 1 aromatic carbocycles. The first-order valence-electron chi connectivity index (χ1n) is 8.09. The summed E-state index contributed by atoms with van der Waals surface area (Å²) in [6, 6.07) is 11.0. The number of aliphatic carboxylic acids is 1. The molecule has 0 saturated carbocycles. The van der Waals surface area contributed by atoms with Gasteiger partial charge in [0.2, 0.25) is 5.76 Å². The molecule has 1 fully saturated rings. The molecule has 1 aromatic heterocycles. The maximum atomic E-state index is 12.7. The smallest absolute Gasteiger partial charge is 0.313 e. The third kappa shape index (κ3) is 3.41. The second kappa shape index (κ2) is 7.06. The first-order valence-corrected chi connectivity index (χ1v) is 8.09. The highest BCUT2D eigenvalue weighted by Gasteiger charge is 2.44. The minimum atomic E-state index is -1.08. The third-order valence-corrected chi connectivity index (χ3v) is 4.53. The Hall–Kier alpha value is -2.67. The fourth-order valence-electron chi connectivity index (χ4n) is 3.21. The molecule has 1 unspecified atom stereocenters. The molecule has 3 rings (SSSR count). The summed E-state index contributed by atoms with van der Waals surface area (Å²) >= 11 is 0. The summed E-state index contributed by atoms with van der Waals surface area (Å²) in [5.41, 5.74) is 0.343. The number of ether oxygens (including phenoxy) is 1. The standard InChI is InChI=1S/C18H20N2O5/c1-24-12-18(17(22)23)8-5-9-20(11-18)16(21)15-10-14(19-25-15)13-6-3-2-4-7-13/h2-4,6-7,10H,5,8-9,11-12H2,1H3,(H,22,23). The second-order valence-electron chi connectivity index (χ2n) is 6.29. The first kappa shape index (κ1) is 17.2. The molecule has 1 saturated heterocycles. The van der Waals surface area contributed by atoms with Crippen molar-refractivity contribution in [2.24, 2.45) is 5.41 Å². The Labute approximate surface area is 145 Å². The van der Waals surface area contributed by atoms with Crippen molar-refractivity contribution in [1.29, 1.82) is 0 Å². The van der Waals surface area contributed by atoms with Gasteiger partial charge in [-0.2, -0.15) is 0 Å². The van der Waals surface area contributed by atoms with Gasteiger partial charge in [0.25, 0.3) is 5.91 Å². The molecule has 7 heteroatoms. The molecular formula is C18H20N2O5. The SMILES string of the molecule is COCC1(C(=O)O)CCCN(C(=O)c2cc(-c3ccccc3)no2)C1. The van der Waals surface area contributed by atoms with E-state index in [0.29, 0.717) is 25.1 Å². The Balaban J connectivity index is 1.79. The van der Waals surface area contributed by atoms with E-state index in [2.05, 4.69) is 5.16 Å². The number of amides is 1. The van der Waals surface area contributed by atoms with E-state index in [-0.39, 0.29) is 24.8 Å². The molecule has 25 heavy (non-hydrogen) atoms. The van der Waals surface area contributed by atoms with E-state index in [0.717, 1.165) is 5.56 Å². The molecule has 1 atom stereocenters. The monoisotopic (exact) mass is 344 g/mol. The average Bonchev–Trinajstić information content (AvgIpc) is 3.12. The zero-order valence-electron chi connectivity index (χ0n) is 14.0. The molecule has 1 amide bonds. The van der Waals surface area contributed by atoms with Crippen LogP contribution in [0, 0.1) is 5.41 Å². The predicted octanol–water partition coefficient (Wildman–Crippen LogP) is 2.30. The number of carbonyl (C=O) groups excluding carboxylic acids is 1. The highest BCUT2D eigenvalue weighted by molar-refractivity contribution is 5.93. The van der Waals surface area contributed by atoms with Gasteiger partial charge < -0.3 is 19.3 Å². The van der Waals surface area contributed by atoms with E-state index in [1.165, 1.54) is 12.0 Å². The van der Waals surface area contributed by atoms with Crippen LogP contribution in [0.2, 0.25) is 0 Å². The first-order chi connectivity index (χ1) is 12.1. The molecule has 0 spiro atoms. The number of aromatic nitrogens is 1. The maximum absolute atomic E-state index is 12.7. The van der Waals surface area contributed by atoms with Crippen LogP contribution in [-0.2, 0) is 9.53 Å². The van der Waals surface area contributed by atoms with Crippen LogP contribution >= 0.6 is 0 Å². The lowest BCUT2D eigenvalue weighted by molar-refractivity contribution is -0.155. The van der Waals surface area contributed by atoms with E-state index in [9.17, 15) is 14.7 Å². The van der Waals surface area contributed by atoms with E-state index < -0.39 is 11.4 Å². The Morgan fingerprint density at radius 2 is 2.12 bits per heavy atom.